The van der Waals surface area contributed by atoms with Crippen molar-refractivity contribution < 1.29 is 31.8 Å². The van der Waals surface area contributed by atoms with E-state index >= 15 is 0 Å². The number of hydrogen-bond donors (Lipinski definition) is 2. The highest BCUT2D eigenvalue weighted by atomic mass is 19.4. The van der Waals surface area contributed by atoms with Crippen LogP contribution in [0.4, 0.5) is 23.2 Å². The summed E-state index contributed by atoms with van der Waals surface area (Å²) in [6.07, 6.45) is -4.62. The molecule has 1 amide bonds. The lowest BCUT2D eigenvalue weighted by molar-refractivity contribution is -0.185. The number of amides is 1. The Labute approximate surface area is 165 Å². The molecule has 1 aromatic rings. The average molecular weight is 417 g/mol. The monoisotopic (exact) mass is 417 g/mol. The van der Waals surface area contributed by atoms with Crippen molar-refractivity contribution in [2.24, 2.45) is 16.6 Å². The van der Waals surface area contributed by atoms with Crippen molar-refractivity contribution in [2.45, 2.75) is 44.0 Å². The second-order valence-electron chi connectivity index (χ2n) is 7.52. The number of hydrogen-bond acceptors (Lipinski definition) is 5. The van der Waals surface area contributed by atoms with Crippen LogP contribution in [0.3, 0.4) is 0 Å². The molecule has 1 saturated heterocycles. The fraction of sp³-hybridized carbons (Fsp3) is 0.579. The van der Waals surface area contributed by atoms with Gasteiger partial charge in [0.2, 0.25) is 5.91 Å². The van der Waals surface area contributed by atoms with Gasteiger partial charge in [-0.1, -0.05) is 0 Å². The molecule has 3 atom stereocenters. The molecule has 0 aromatic heterocycles. The number of alkyl halides is 3. The SMILES string of the molecule is CC1(c2cc(NC(=O)C(CC3CCCO3)C(F)(F)F)ccc2F)COCC(N)=N1. The number of aliphatic imine (C=N–C) groups is 1. The number of benzene rings is 1. The third kappa shape index (κ3) is 5.05. The van der Waals surface area contributed by atoms with E-state index in [9.17, 15) is 22.4 Å². The molecule has 2 heterocycles. The molecule has 0 aliphatic carbocycles. The molecule has 0 radical (unpaired) electrons. The summed E-state index contributed by atoms with van der Waals surface area (Å²) >= 11 is 0. The first-order valence-corrected chi connectivity index (χ1v) is 9.29. The van der Waals surface area contributed by atoms with Crippen molar-refractivity contribution in [2.75, 3.05) is 25.1 Å². The van der Waals surface area contributed by atoms with E-state index in [1.54, 1.807) is 6.92 Å². The maximum atomic E-state index is 14.4. The fourth-order valence-corrected chi connectivity index (χ4v) is 3.60. The number of rotatable bonds is 5. The lowest BCUT2D eigenvalue weighted by Gasteiger charge is -2.30. The molecule has 1 fully saturated rings. The fourth-order valence-electron chi connectivity index (χ4n) is 3.60. The van der Waals surface area contributed by atoms with Crippen LogP contribution in [-0.4, -0.2) is 43.8 Å². The van der Waals surface area contributed by atoms with Gasteiger partial charge in [0.15, 0.2) is 0 Å². The van der Waals surface area contributed by atoms with Gasteiger partial charge in [-0.3, -0.25) is 9.79 Å². The van der Waals surface area contributed by atoms with Crippen LogP contribution in [0.25, 0.3) is 0 Å². The van der Waals surface area contributed by atoms with E-state index in [0.717, 1.165) is 6.07 Å². The van der Waals surface area contributed by atoms with Crippen LogP contribution in [0.15, 0.2) is 23.2 Å². The minimum atomic E-state index is -4.72. The van der Waals surface area contributed by atoms with Crippen LogP contribution in [0.1, 0.15) is 31.7 Å². The Morgan fingerprint density at radius 3 is 2.83 bits per heavy atom. The summed E-state index contributed by atoms with van der Waals surface area (Å²) in [5, 5.41) is 2.26. The molecule has 0 spiro atoms. The van der Waals surface area contributed by atoms with Crippen LogP contribution in [0.5, 0.6) is 0 Å². The molecule has 6 nitrogen and oxygen atoms in total. The predicted octanol–water partition coefficient (Wildman–Crippen LogP) is 3.11. The van der Waals surface area contributed by atoms with Gasteiger partial charge in [-0.2, -0.15) is 13.2 Å². The number of nitrogens with two attached hydrogens (primary N) is 1. The predicted molar refractivity (Wildman–Crippen MR) is 98.0 cm³/mol. The Bertz CT molecular complexity index is 793. The topological polar surface area (TPSA) is 85.9 Å². The van der Waals surface area contributed by atoms with Crippen LogP contribution in [-0.2, 0) is 19.8 Å². The van der Waals surface area contributed by atoms with E-state index in [1.165, 1.54) is 12.1 Å². The summed E-state index contributed by atoms with van der Waals surface area (Å²) in [7, 11) is 0. The molecule has 3 unspecified atom stereocenters. The Morgan fingerprint density at radius 1 is 1.45 bits per heavy atom. The minimum absolute atomic E-state index is 0.0357. The van der Waals surface area contributed by atoms with Crippen LogP contribution < -0.4 is 11.1 Å². The highest BCUT2D eigenvalue weighted by molar-refractivity contribution is 5.93. The second kappa shape index (κ2) is 8.27. The molecular formula is C19H23F4N3O3. The van der Waals surface area contributed by atoms with Gasteiger partial charge < -0.3 is 20.5 Å². The molecule has 2 aliphatic rings. The molecule has 29 heavy (non-hydrogen) atoms. The van der Waals surface area contributed by atoms with Gasteiger partial charge >= 0.3 is 6.18 Å². The van der Waals surface area contributed by atoms with Gasteiger partial charge in [0.1, 0.15) is 29.7 Å². The van der Waals surface area contributed by atoms with Crippen molar-refractivity contribution >= 4 is 17.4 Å². The van der Waals surface area contributed by atoms with E-state index < -0.39 is 41.9 Å². The van der Waals surface area contributed by atoms with Gasteiger partial charge in [0.05, 0.1) is 12.7 Å². The van der Waals surface area contributed by atoms with Crippen molar-refractivity contribution in [3.05, 3.63) is 29.6 Å². The zero-order valence-electron chi connectivity index (χ0n) is 15.9. The van der Waals surface area contributed by atoms with Crippen LogP contribution >= 0.6 is 0 Å². The molecule has 1 aromatic carbocycles. The van der Waals surface area contributed by atoms with E-state index in [2.05, 4.69) is 10.3 Å². The molecule has 0 bridgehead atoms. The highest BCUT2D eigenvalue weighted by Gasteiger charge is 2.46. The molecule has 3 N–H and O–H groups in total. The first-order valence-electron chi connectivity index (χ1n) is 9.29. The number of nitrogens with zero attached hydrogens (tertiary/aromatic N) is 1. The second-order valence-corrected chi connectivity index (χ2v) is 7.52. The van der Waals surface area contributed by atoms with E-state index in [1.807, 2.05) is 0 Å². The van der Waals surface area contributed by atoms with Gasteiger partial charge in [-0.15, -0.1) is 0 Å². The number of nitrogens with one attached hydrogen (secondary N) is 1. The largest absolute Gasteiger partial charge is 0.400 e. The Balaban J connectivity index is 1.81. The normalized spacial score (nSPS) is 26.1. The number of halogens is 4. The quantitative estimate of drug-likeness (QED) is 0.721. The van der Waals surface area contributed by atoms with Crippen molar-refractivity contribution in [1.29, 1.82) is 0 Å². The lowest BCUT2D eigenvalue weighted by Crippen LogP contribution is -2.38. The lowest BCUT2D eigenvalue weighted by atomic mass is 9.91. The number of carbonyl (C=O) groups is 1. The van der Waals surface area contributed by atoms with E-state index in [0.29, 0.717) is 19.4 Å². The van der Waals surface area contributed by atoms with Crippen molar-refractivity contribution in [3.63, 3.8) is 0 Å². The summed E-state index contributed by atoms with van der Waals surface area (Å²) in [5.41, 5.74) is 4.64. The average Bonchev–Trinajstić information content (AvgIpc) is 3.13. The standard InChI is InChI=1S/C19H23F4N3O3/c1-18(10-28-9-16(24)26-18)13-7-11(4-5-15(13)20)25-17(27)14(19(21,22)23)8-12-3-2-6-29-12/h4-5,7,12,14H,2-3,6,8-10H2,1H3,(H2,24,26)(H,25,27). The first kappa shape index (κ1) is 21.5. The molecule has 10 heteroatoms. The van der Waals surface area contributed by atoms with Crippen molar-refractivity contribution in [1.82, 2.24) is 0 Å². The van der Waals surface area contributed by atoms with E-state index in [-0.39, 0.29) is 30.3 Å². The third-order valence-corrected chi connectivity index (χ3v) is 5.07. The summed E-state index contributed by atoms with van der Waals surface area (Å²) in [6.45, 7) is 2.15. The third-order valence-electron chi connectivity index (χ3n) is 5.07. The number of anilines is 1. The summed E-state index contributed by atoms with van der Waals surface area (Å²) in [6, 6.07) is 3.54. The minimum Gasteiger partial charge on any atom is -0.386 e. The number of ether oxygens (including phenoxy) is 2. The van der Waals surface area contributed by atoms with Crippen LogP contribution in [0.2, 0.25) is 0 Å². The maximum absolute atomic E-state index is 14.4. The Kier molecular flexibility index (Phi) is 6.13. The molecule has 0 saturated carbocycles. The van der Waals surface area contributed by atoms with Gasteiger partial charge in [-0.25, -0.2) is 4.39 Å². The first-order chi connectivity index (χ1) is 13.6. The maximum Gasteiger partial charge on any atom is 0.400 e. The van der Waals surface area contributed by atoms with Gasteiger partial charge in [0, 0.05) is 17.9 Å². The molecule has 160 valence electrons. The van der Waals surface area contributed by atoms with Gasteiger partial charge in [-0.05, 0) is 44.4 Å². The number of amidine groups is 1. The summed E-state index contributed by atoms with van der Waals surface area (Å²) in [5.74, 6) is -3.87. The number of carbonyl (C=O) groups excluding carboxylic acids is 1. The zero-order valence-corrected chi connectivity index (χ0v) is 15.9. The molecule has 2 aliphatic heterocycles. The smallest absolute Gasteiger partial charge is 0.386 e. The summed E-state index contributed by atoms with van der Waals surface area (Å²) < 4.78 is 65.3. The Morgan fingerprint density at radius 2 is 2.21 bits per heavy atom. The van der Waals surface area contributed by atoms with Crippen molar-refractivity contribution in [3.8, 4) is 0 Å². The summed E-state index contributed by atoms with van der Waals surface area (Å²) in [4.78, 5) is 16.6. The molecule has 3 rings (SSSR count). The zero-order chi connectivity index (χ0) is 21.2. The van der Waals surface area contributed by atoms with E-state index in [4.69, 9.17) is 15.2 Å². The molecular weight excluding hydrogens is 394 g/mol. The van der Waals surface area contributed by atoms with Gasteiger partial charge in [0.25, 0.3) is 0 Å². The highest BCUT2D eigenvalue weighted by Crippen LogP contribution is 2.35. The Hall–Kier alpha value is -2.20. The van der Waals surface area contributed by atoms with Crippen LogP contribution in [0, 0.1) is 11.7 Å².